The molecule has 4 rings (SSSR count). The Balaban J connectivity index is 1.77. The first kappa shape index (κ1) is 18.4. The zero-order valence-electron chi connectivity index (χ0n) is 15.3. The first-order chi connectivity index (χ1) is 13.1. The minimum Gasteiger partial charge on any atom is -0.454 e. The van der Waals surface area contributed by atoms with Crippen molar-refractivity contribution >= 4 is 44.5 Å². The third kappa shape index (κ3) is 3.59. The molecule has 7 nitrogen and oxygen atoms in total. The van der Waals surface area contributed by atoms with Gasteiger partial charge in [0, 0.05) is 35.7 Å². The van der Waals surface area contributed by atoms with Crippen LogP contribution >= 0.6 is 27.7 Å². The molecule has 0 fully saturated rings. The summed E-state index contributed by atoms with van der Waals surface area (Å²) < 4.78 is 14.2. The molecule has 1 aliphatic rings. The van der Waals surface area contributed by atoms with Crippen LogP contribution in [0.4, 0.5) is 5.82 Å². The van der Waals surface area contributed by atoms with E-state index >= 15 is 0 Å². The second-order valence-electron chi connectivity index (χ2n) is 6.36. The number of aromatic nitrogens is 3. The number of ether oxygens (including phenoxy) is 2. The maximum atomic E-state index is 5.53. The van der Waals surface area contributed by atoms with Crippen molar-refractivity contribution in [3.05, 3.63) is 28.9 Å². The van der Waals surface area contributed by atoms with Crippen molar-refractivity contribution in [2.24, 2.45) is 0 Å². The van der Waals surface area contributed by atoms with Gasteiger partial charge in [-0.15, -0.1) is 0 Å². The molecular weight excluding hydrogens is 430 g/mol. The molecule has 142 valence electrons. The van der Waals surface area contributed by atoms with E-state index in [1.807, 2.05) is 31.4 Å². The van der Waals surface area contributed by atoms with Gasteiger partial charge in [-0.2, -0.15) is 0 Å². The fourth-order valence-electron chi connectivity index (χ4n) is 2.88. The molecule has 2 aromatic heterocycles. The Morgan fingerprint density at radius 3 is 2.81 bits per heavy atom. The van der Waals surface area contributed by atoms with Gasteiger partial charge >= 0.3 is 0 Å². The Hall–Kier alpha value is -1.97. The molecule has 3 aromatic rings. The first-order valence-corrected chi connectivity index (χ1v) is 10.1. The second-order valence-corrected chi connectivity index (χ2v) is 8.23. The van der Waals surface area contributed by atoms with Crippen LogP contribution in [0.3, 0.4) is 0 Å². The maximum absolute atomic E-state index is 5.53. The van der Waals surface area contributed by atoms with Crippen LogP contribution in [0.2, 0.25) is 0 Å². The monoisotopic (exact) mass is 449 g/mol. The highest BCUT2D eigenvalue weighted by atomic mass is 79.9. The Morgan fingerprint density at radius 2 is 2.07 bits per heavy atom. The molecule has 27 heavy (non-hydrogen) atoms. The number of pyridine rings is 1. The fraction of sp³-hybridized carbons (Fsp3) is 0.333. The zero-order chi connectivity index (χ0) is 19.0. The number of hydrogen-bond acceptors (Lipinski definition) is 7. The Bertz CT molecular complexity index is 992. The number of benzene rings is 1. The van der Waals surface area contributed by atoms with Crippen LogP contribution in [0, 0.1) is 0 Å². The number of fused-ring (bicyclic) bond motifs is 2. The van der Waals surface area contributed by atoms with Gasteiger partial charge in [0.05, 0.1) is 5.52 Å². The average Bonchev–Trinajstić information content (AvgIpc) is 3.23. The molecule has 3 heterocycles. The fourth-order valence-corrected chi connectivity index (χ4v) is 4.40. The Labute approximate surface area is 170 Å². The van der Waals surface area contributed by atoms with Crippen molar-refractivity contribution in [1.82, 2.24) is 19.4 Å². The number of anilines is 1. The summed E-state index contributed by atoms with van der Waals surface area (Å²) in [5.74, 6) is 2.30. The van der Waals surface area contributed by atoms with Crippen LogP contribution in [0.1, 0.15) is 0 Å². The highest BCUT2D eigenvalue weighted by molar-refractivity contribution is 9.10. The SMILES string of the molecule is CNc1nccc2c1nc(Sc1cc3c(cc1Br)OCO3)n2CCN(C)C. The maximum Gasteiger partial charge on any atom is 0.231 e. The molecule has 0 saturated carbocycles. The molecule has 0 amide bonds. The van der Waals surface area contributed by atoms with Crippen molar-refractivity contribution in [2.75, 3.05) is 39.8 Å². The lowest BCUT2D eigenvalue weighted by molar-refractivity contribution is 0.174. The van der Waals surface area contributed by atoms with Gasteiger partial charge in [0.1, 0.15) is 5.52 Å². The largest absolute Gasteiger partial charge is 0.454 e. The predicted octanol–water partition coefficient (Wildman–Crippen LogP) is 3.68. The smallest absolute Gasteiger partial charge is 0.231 e. The van der Waals surface area contributed by atoms with Crippen molar-refractivity contribution < 1.29 is 9.47 Å². The predicted molar refractivity (Wildman–Crippen MR) is 110 cm³/mol. The molecule has 1 aliphatic heterocycles. The van der Waals surface area contributed by atoms with Gasteiger partial charge < -0.3 is 24.3 Å². The summed E-state index contributed by atoms with van der Waals surface area (Å²) in [6.45, 7) is 2.01. The summed E-state index contributed by atoms with van der Waals surface area (Å²) in [7, 11) is 6.00. The van der Waals surface area contributed by atoms with E-state index in [4.69, 9.17) is 14.5 Å². The van der Waals surface area contributed by atoms with Crippen LogP contribution < -0.4 is 14.8 Å². The van der Waals surface area contributed by atoms with Gasteiger partial charge in [0.25, 0.3) is 0 Å². The summed E-state index contributed by atoms with van der Waals surface area (Å²) in [5, 5.41) is 4.05. The molecule has 1 N–H and O–H groups in total. The standard InChI is InChI=1S/C18H20BrN5O2S/c1-20-17-16-12(4-5-21-17)24(7-6-23(2)3)18(22-16)27-15-9-14-13(8-11(15)19)25-10-26-14/h4-5,8-9H,6-7,10H2,1-3H3,(H,20,21). The van der Waals surface area contributed by atoms with Gasteiger partial charge in [-0.1, -0.05) is 11.8 Å². The second kappa shape index (κ2) is 7.57. The topological polar surface area (TPSA) is 64.4 Å². The lowest BCUT2D eigenvalue weighted by atomic mass is 10.3. The lowest BCUT2D eigenvalue weighted by Crippen LogP contribution is -2.18. The van der Waals surface area contributed by atoms with Crippen molar-refractivity contribution in [1.29, 1.82) is 0 Å². The highest BCUT2D eigenvalue weighted by Gasteiger charge is 2.20. The van der Waals surface area contributed by atoms with E-state index in [0.29, 0.717) is 0 Å². The molecule has 9 heteroatoms. The lowest BCUT2D eigenvalue weighted by Gasteiger charge is -2.13. The van der Waals surface area contributed by atoms with E-state index < -0.39 is 0 Å². The molecule has 0 unspecified atom stereocenters. The number of rotatable bonds is 6. The summed E-state index contributed by atoms with van der Waals surface area (Å²) in [4.78, 5) is 12.5. The van der Waals surface area contributed by atoms with E-state index in [9.17, 15) is 0 Å². The van der Waals surface area contributed by atoms with Crippen molar-refractivity contribution in [3.8, 4) is 11.5 Å². The molecule has 1 aromatic carbocycles. The minimum absolute atomic E-state index is 0.258. The van der Waals surface area contributed by atoms with Gasteiger partial charge in [-0.05, 0) is 48.2 Å². The molecule has 0 bridgehead atoms. The minimum atomic E-state index is 0.258. The quantitative estimate of drug-likeness (QED) is 0.615. The molecule has 0 saturated heterocycles. The van der Waals surface area contributed by atoms with Gasteiger partial charge in [0.15, 0.2) is 22.5 Å². The number of hydrogen-bond donors (Lipinski definition) is 1. The van der Waals surface area contributed by atoms with E-state index in [-0.39, 0.29) is 6.79 Å². The third-order valence-electron chi connectivity index (χ3n) is 4.27. The summed E-state index contributed by atoms with van der Waals surface area (Å²) in [6, 6.07) is 5.94. The Morgan fingerprint density at radius 1 is 1.30 bits per heavy atom. The van der Waals surface area contributed by atoms with E-state index in [1.54, 1.807) is 11.8 Å². The van der Waals surface area contributed by atoms with E-state index in [2.05, 4.69) is 49.8 Å². The first-order valence-electron chi connectivity index (χ1n) is 8.51. The van der Waals surface area contributed by atoms with Crippen LogP contribution in [-0.4, -0.2) is 53.9 Å². The van der Waals surface area contributed by atoms with Gasteiger partial charge in [0.2, 0.25) is 6.79 Å². The normalized spacial score (nSPS) is 12.9. The van der Waals surface area contributed by atoms with Crippen molar-refractivity contribution in [3.63, 3.8) is 0 Å². The molecule has 0 spiro atoms. The van der Waals surface area contributed by atoms with Crippen LogP contribution in [-0.2, 0) is 6.54 Å². The average molecular weight is 450 g/mol. The number of halogens is 1. The third-order valence-corrected chi connectivity index (χ3v) is 6.24. The van der Waals surface area contributed by atoms with E-state index in [0.717, 1.165) is 56.0 Å². The van der Waals surface area contributed by atoms with Gasteiger partial charge in [-0.3, -0.25) is 0 Å². The van der Waals surface area contributed by atoms with Gasteiger partial charge in [-0.25, -0.2) is 9.97 Å². The van der Waals surface area contributed by atoms with E-state index in [1.165, 1.54) is 0 Å². The number of imidazole rings is 1. The molecule has 0 aliphatic carbocycles. The Kier molecular flexibility index (Phi) is 5.16. The van der Waals surface area contributed by atoms with Crippen LogP contribution in [0.25, 0.3) is 11.0 Å². The summed E-state index contributed by atoms with van der Waals surface area (Å²) in [6.07, 6.45) is 1.81. The van der Waals surface area contributed by atoms with Crippen LogP contribution in [0.15, 0.2) is 38.9 Å². The highest BCUT2D eigenvalue weighted by Crippen LogP contribution is 2.43. The number of nitrogens with zero attached hydrogens (tertiary/aromatic N) is 4. The van der Waals surface area contributed by atoms with Crippen LogP contribution in [0.5, 0.6) is 11.5 Å². The molecule has 0 radical (unpaired) electrons. The summed E-state index contributed by atoms with van der Waals surface area (Å²) >= 11 is 5.24. The number of nitrogens with one attached hydrogen (secondary N) is 1. The van der Waals surface area contributed by atoms with Crippen molar-refractivity contribution in [2.45, 2.75) is 16.6 Å². The zero-order valence-corrected chi connectivity index (χ0v) is 17.7. The summed E-state index contributed by atoms with van der Waals surface area (Å²) in [5.41, 5.74) is 1.94. The molecule has 0 atom stereocenters. The number of likely N-dealkylation sites (N-methyl/N-ethyl adjacent to an activating group) is 1. The molecular formula is C18H20BrN5O2S.